The van der Waals surface area contributed by atoms with Crippen molar-refractivity contribution < 1.29 is 14.7 Å². The molecule has 0 radical (unpaired) electrons. The van der Waals surface area contributed by atoms with Crippen molar-refractivity contribution >= 4 is 23.6 Å². The summed E-state index contributed by atoms with van der Waals surface area (Å²) in [5, 5.41) is 12.4. The molecule has 10 heteroatoms. The highest BCUT2D eigenvalue weighted by Gasteiger charge is 2.31. The van der Waals surface area contributed by atoms with Gasteiger partial charge in [-0.1, -0.05) is 30.3 Å². The predicted molar refractivity (Wildman–Crippen MR) is 122 cm³/mol. The van der Waals surface area contributed by atoms with Crippen LogP contribution in [-0.2, 0) is 22.6 Å². The minimum absolute atomic E-state index is 0.0331. The van der Waals surface area contributed by atoms with Gasteiger partial charge in [-0.3, -0.25) is 19.5 Å². The van der Waals surface area contributed by atoms with Crippen molar-refractivity contribution in [2.45, 2.75) is 26.3 Å². The van der Waals surface area contributed by atoms with E-state index in [0.29, 0.717) is 37.7 Å². The number of amides is 1. The molecule has 1 aliphatic heterocycles. The summed E-state index contributed by atoms with van der Waals surface area (Å²) in [7, 11) is 0. The number of carboxylic acid groups (broad SMARTS) is 1. The number of carbonyl (C=O) groups is 2. The molecule has 10 nitrogen and oxygen atoms in total. The number of benzene rings is 1. The first kappa shape index (κ1) is 22.3. The van der Waals surface area contributed by atoms with Gasteiger partial charge in [0, 0.05) is 43.8 Å². The van der Waals surface area contributed by atoms with E-state index in [4.69, 9.17) is 0 Å². The van der Waals surface area contributed by atoms with Gasteiger partial charge in [0.25, 0.3) is 0 Å². The number of nitrogens with zero attached hydrogens (tertiary/aromatic N) is 4. The molecule has 1 fully saturated rings. The van der Waals surface area contributed by atoms with Gasteiger partial charge in [0.1, 0.15) is 5.82 Å². The Morgan fingerprint density at radius 2 is 2.09 bits per heavy atom. The Labute approximate surface area is 190 Å². The molecule has 1 aliphatic rings. The number of aromatic amines is 1. The Hall–Kier alpha value is -3.95. The van der Waals surface area contributed by atoms with Gasteiger partial charge in [0.2, 0.25) is 11.9 Å². The lowest BCUT2D eigenvalue weighted by atomic mass is 9.99. The molecule has 172 valence electrons. The second-order valence-electron chi connectivity index (χ2n) is 8.27. The number of anilines is 2. The first-order valence-corrected chi connectivity index (χ1v) is 10.8. The number of hydrogen-bond donors (Lipinski definition) is 3. The Balaban J connectivity index is 1.45. The van der Waals surface area contributed by atoms with Gasteiger partial charge in [-0.25, -0.2) is 9.78 Å². The van der Waals surface area contributed by atoms with Gasteiger partial charge in [-0.05, 0) is 25.3 Å². The van der Waals surface area contributed by atoms with Gasteiger partial charge in [-0.2, -0.15) is 4.98 Å². The van der Waals surface area contributed by atoms with Crippen LogP contribution in [-0.4, -0.2) is 49.6 Å². The first-order chi connectivity index (χ1) is 15.9. The number of aryl methyl sites for hydroxylation is 1. The number of rotatable bonds is 8. The van der Waals surface area contributed by atoms with Gasteiger partial charge < -0.3 is 15.0 Å². The van der Waals surface area contributed by atoms with Crippen LogP contribution < -0.4 is 15.9 Å². The molecule has 2 atom stereocenters. The zero-order valence-electron chi connectivity index (χ0n) is 18.3. The lowest BCUT2D eigenvalue weighted by Gasteiger charge is -2.21. The van der Waals surface area contributed by atoms with Crippen LogP contribution in [0.25, 0.3) is 0 Å². The topological polar surface area (TPSA) is 133 Å². The highest BCUT2D eigenvalue weighted by Crippen LogP contribution is 2.25. The number of carbonyl (C=O) groups excluding carboxylic acids is 1. The summed E-state index contributed by atoms with van der Waals surface area (Å²) in [6.07, 6.45) is 5.81. The van der Waals surface area contributed by atoms with Crippen LogP contribution in [0.5, 0.6) is 0 Å². The molecule has 0 aliphatic carbocycles. The van der Waals surface area contributed by atoms with Crippen molar-refractivity contribution in [3.63, 3.8) is 0 Å². The van der Waals surface area contributed by atoms with E-state index < -0.39 is 17.6 Å². The molecule has 4 rings (SSSR count). The maximum Gasteiger partial charge on any atom is 0.349 e. The smallest absolute Gasteiger partial charge is 0.349 e. The summed E-state index contributed by atoms with van der Waals surface area (Å²) < 4.78 is 1.36. The standard InChI is InChI=1S/C23H26N6O4/c1-15-12-29(14-18(21(31)32)11-16-5-3-2-4-6-16)23(33)26-19(15)28-10-7-17(13-28)20(30)27-22-24-8-9-25-22/h2-6,8-9,12,17-18H,7,10-11,13-14H2,1H3,(H,31,32)(H2,24,25,27,30). The summed E-state index contributed by atoms with van der Waals surface area (Å²) in [6, 6.07) is 9.34. The van der Waals surface area contributed by atoms with Crippen LogP contribution in [0, 0.1) is 18.8 Å². The molecule has 2 unspecified atom stereocenters. The maximum absolute atomic E-state index is 12.7. The molecule has 0 spiro atoms. The average Bonchev–Trinajstić information content (AvgIpc) is 3.48. The van der Waals surface area contributed by atoms with Crippen molar-refractivity contribution in [3.05, 3.63) is 70.5 Å². The third-order valence-electron chi connectivity index (χ3n) is 5.84. The summed E-state index contributed by atoms with van der Waals surface area (Å²) in [5.41, 5.74) is 1.15. The van der Waals surface area contributed by atoms with Gasteiger partial charge in [-0.15, -0.1) is 0 Å². The molecule has 33 heavy (non-hydrogen) atoms. The lowest BCUT2D eigenvalue weighted by molar-refractivity contribution is -0.142. The van der Waals surface area contributed by atoms with E-state index in [9.17, 15) is 19.5 Å². The zero-order valence-corrected chi connectivity index (χ0v) is 18.3. The monoisotopic (exact) mass is 450 g/mol. The summed E-state index contributed by atoms with van der Waals surface area (Å²) in [6.45, 7) is 2.90. The Kier molecular flexibility index (Phi) is 6.53. The lowest BCUT2D eigenvalue weighted by Crippen LogP contribution is -2.34. The van der Waals surface area contributed by atoms with E-state index in [-0.39, 0.29) is 18.4 Å². The maximum atomic E-state index is 12.7. The van der Waals surface area contributed by atoms with Crippen LogP contribution in [0.4, 0.5) is 11.8 Å². The molecule has 3 aromatic rings. The number of hydrogen-bond acceptors (Lipinski definition) is 6. The van der Waals surface area contributed by atoms with Gasteiger partial charge in [0.05, 0.1) is 11.8 Å². The number of carboxylic acids is 1. The highest BCUT2D eigenvalue weighted by atomic mass is 16.4. The number of aromatic nitrogens is 4. The summed E-state index contributed by atoms with van der Waals surface area (Å²) >= 11 is 0. The Bertz CT molecular complexity index is 1180. The minimum atomic E-state index is -0.961. The van der Waals surface area contributed by atoms with Crippen molar-refractivity contribution in [1.82, 2.24) is 19.5 Å². The largest absolute Gasteiger partial charge is 0.481 e. The van der Waals surface area contributed by atoms with E-state index in [1.807, 2.05) is 42.2 Å². The van der Waals surface area contributed by atoms with E-state index in [2.05, 4.69) is 20.3 Å². The van der Waals surface area contributed by atoms with Crippen LogP contribution in [0.2, 0.25) is 0 Å². The van der Waals surface area contributed by atoms with Gasteiger partial charge in [0.15, 0.2) is 0 Å². The van der Waals surface area contributed by atoms with Gasteiger partial charge >= 0.3 is 11.7 Å². The molecule has 3 N–H and O–H groups in total. The minimum Gasteiger partial charge on any atom is -0.481 e. The average molecular weight is 450 g/mol. The van der Waals surface area contributed by atoms with E-state index >= 15 is 0 Å². The molecule has 2 aromatic heterocycles. The number of aliphatic carboxylic acids is 1. The van der Waals surface area contributed by atoms with Crippen molar-refractivity contribution in [2.24, 2.45) is 11.8 Å². The van der Waals surface area contributed by atoms with Crippen LogP contribution in [0.15, 0.2) is 53.7 Å². The number of nitrogens with one attached hydrogen (secondary N) is 2. The molecule has 1 aromatic carbocycles. The quantitative estimate of drug-likeness (QED) is 0.475. The van der Waals surface area contributed by atoms with Crippen LogP contribution >= 0.6 is 0 Å². The highest BCUT2D eigenvalue weighted by molar-refractivity contribution is 5.91. The normalized spacial score (nSPS) is 16.5. The molecule has 0 bridgehead atoms. The fourth-order valence-electron chi connectivity index (χ4n) is 4.13. The van der Waals surface area contributed by atoms with E-state index in [1.165, 1.54) is 4.57 Å². The predicted octanol–water partition coefficient (Wildman–Crippen LogP) is 1.68. The first-order valence-electron chi connectivity index (χ1n) is 10.8. The molecule has 0 saturated carbocycles. The van der Waals surface area contributed by atoms with Crippen molar-refractivity contribution in [3.8, 4) is 0 Å². The van der Waals surface area contributed by atoms with E-state index in [1.54, 1.807) is 18.6 Å². The fraction of sp³-hybridized carbons (Fsp3) is 0.348. The molecule has 1 amide bonds. The van der Waals surface area contributed by atoms with Crippen LogP contribution in [0.1, 0.15) is 17.5 Å². The number of H-pyrrole nitrogens is 1. The van der Waals surface area contributed by atoms with E-state index in [0.717, 1.165) is 11.1 Å². The molecular formula is C23H26N6O4. The second kappa shape index (κ2) is 9.68. The summed E-state index contributed by atoms with van der Waals surface area (Å²) in [4.78, 5) is 50.0. The molecule has 1 saturated heterocycles. The van der Waals surface area contributed by atoms with Crippen molar-refractivity contribution in [2.75, 3.05) is 23.3 Å². The Morgan fingerprint density at radius 3 is 2.79 bits per heavy atom. The molecule has 3 heterocycles. The third-order valence-corrected chi connectivity index (χ3v) is 5.84. The number of imidazole rings is 1. The third kappa shape index (κ3) is 5.28. The second-order valence-corrected chi connectivity index (χ2v) is 8.27. The summed E-state index contributed by atoms with van der Waals surface area (Å²) in [5.74, 6) is -1.17. The van der Waals surface area contributed by atoms with Crippen molar-refractivity contribution in [1.29, 1.82) is 0 Å². The van der Waals surface area contributed by atoms with Crippen LogP contribution in [0.3, 0.4) is 0 Å². The SMILES string of the molecule is Cc1cn(CC(Cc2ccccc2)C(=O)O)c(=O)nc1N1CCC(C(=O)Nc2ncc[nH]2)C1. The fourth-order valence-corrected chi connectivity index (χ4v) is 4.13. The zero-order chi connectivity index (χ0) is 23.4. The Morgan fingerprint density at radius 1 is 1.30 bits per heavy atom. The molecular weight excluding hydrogens is 424 g/mol.